The fourth-order valence-electron chi connectivity index (χ4n) is 3.54. The van der Waals surface area contributed by atoms with Crippen LogP contribution in [0.15, 0.2) is 23.0 Å². The molecule has 1 aromatic rings. The molecule has 2 atom stereocenters. The van der Waals surface area contributed by atoms with Crippen molar-refractivity contribution in [1.29, 1.82) is 0 Å². The van der Waals surface area contributed by atoms with Gasteiger partial charge in [0.15, 0.2) is 0 Å². The van der Waals surface area contributed by atoms with E-state index in [2.05, 4.69) is 30.7 Å². The van der Waals surface area contributed by atoms with Gasteiger partial charge in [0.1, 0.15) is 5.60 Å². The number of likely N-dealkylation sites (N-methyl/N-ethyl adjacent to an activating group) is 1. The zero-order valence-corrected chi connectivity index (χ0v) is 14.7. The second-order valence-corrected chi connectivity index (χ2v) is 7.39. The van der Waals surface area contributed by atoms with Crippen LogP contribution in [0.2, 0.25) is 0 Å². The number of furan rings is 1. The van der Waals surface area contributed by atoms with Crippen molar-refractivity contribution in [2.45, 2.75) is 51.0 Å². The van der Waals surface area contributed by atoms with Gasteiger partial charge in [-0.15, -0.1) is 0 Å². The molecule has 0 radical (unpaired) electrons. The van der Waals surface area contributed by atoms with E-state index in [0.29, 0.717) is 12.1 Å². The van der Waals surface area contributed by atoms with Crippen LogP contribution in [0.25, 0.3) is 0 Å². The number of rotatable bonds is 5. The van der Waals surface area contributed by atoms with Crippen molar-refractivity contribution in [2.24, 2.45) is 0 Å². The van der Waals surface area contributed by atoms with Gasteiger partial charge in [-0.3, -0.25) is 4.90 Å². The van der Waals surface area contributed by atoms with E-state index in [0.717, 1.165) is 52.2 Å². The predicted octanol–water partition coefficient (Wildman–Crippen LogP) is 2.37. The van der Waals surface area contributed by atoms with Gasteiger partial charge in [0.25, 0.3) is 0 Å². The highest BCUT2D eigenvalue weighted by molar-refractivity contribution is 5.06. The van der Waals surface area contributed by atoms with E-state index in [4.69, 9.17) is 13.9 Å². The van der Waals surface area contributed by atoms with E-state index in [1.165, 1.54) is 5.56 Å². The molecular formula is C18H30N2O3. The van der Waals surface area contributed by atoms with E-state index in [9.17, 15) is 0 Å². The minimum absolute atomic E-state index is 0.136. The first-order valence-electron chi connectivity index (χ1n) is 8.75. The first kappa shape index (κ1) is 17.0. The molecule has 0 bridgehead atoms. The fourth-order valence-corrected chi connectivity index (χ4v) is 3.54. The number of hydrogen-bond donors (Lipinski definition) is 0. The molecule has 5 nitrogen and oxygen atoms in total. The third-order valence-electron chi connectivity index (χ3n) is 5.13. The van der Waals surface area contributed by atoms with Crippen molar-refractivity contribution in [3.63, 3.8) is 0 Å². The van der Waals surface area contributed by atoms with Gasteiger partial charge < -0.3 is 18.8 Å². The summed E-state index contributed by atoms with van der Waals surface area (Å²) in [6, 6.07) is 2.59. The molecule has 3 rings (SSSR count). The van der Waals surface area contributed by atoms with E-state index in [1.807, 2.05) is 12.3 Å². The fraction of sp³-hybridized carbons (Fsp3) is 0.778. The minimum Gasteiger partial charge on any atom is -0.472 e. The van der Waals surface area contributed by atoms with Crippen molar-refractivity contribution in [3.8, 4) is 0 Å². The van der Waals surface area contributed by atoms with Crippen LogP contribution >= 0.6 is 0 Å². The standard InChI is InChI=1S/C18H30N2O3/c1-15(2)19(3)11-17-4-6-18(23-17)13-20(7-9-22-14-18)10-16-5-8-21-12-16/h5,8,12,15,17H,4,6-7,9-11,13-14H2,1-3H3/t17-,18+/m1/s1. The highest BCUT2D eigenvalue weighted by Gasteiger charge is 2.43. The van der Waals surface area contributed by atoms with Gasteiger partial charge in [0, 0.05) is 37.8 Å². The maximum atomic E-state index is 6.51. The van der Waals surface area contributed by atoms with Crippen LogP contribution < -0.4 is 0 Å². The lowest BCUT2D eigenvalue weighted by Gasteiger charge is -2.33. The summed E-state index contributed by atoms with van der Waals surface area (Å²) in [6.45, 7) is 9.75. The molecule has 2 fully saturated rings. The number of hydrogen-bond acceptors (Lipinski definition) is 5. The molecule has 0 saturated carbocycles. The Morgan fingerprint density at radius 2 is 2.30 bits per heavy atom. The summed E-state index contributed by atoms with van der Waals surface area (Å²) in [5, 5.41) is 0. The molecule has 130 valence electrons. The van der Waals surface area contributed by atoms with Crippen LogP contribution in [0.3, 0.4) is 0 Å². The molecule has 0 aromatic carbocycles. The van der Waals surface area contributed by atoms with Gasteiger partial charge in [-0.1, -0.05) is 0 Å². The molecule has 1 spiro atoms. The summed E-state index contributed by atoms with van der Waals surface area (Å²) in [6.07, 6.45) is 6.10. The van der Waals surface area contributed by atoms with Gasteiger partial charge >= 0.3 is 0 Å². The normalized spacial score (nSPS) is 29.7. The lowest BCUT2D eigenvalue weighted by Crippen LogP contribution is -2.45. The Kier molecular flexibility index (Phi) is 5.42. The average molecular weight is 322 g/mol. The SMILES string of the molecule is CC(C)N(C)C[C@H]1CC[C@]2(COCCN(Cc3ccoc3)C2)O1. The van der Waals surface area contributed by atoms with Crippen LogP contribution in [0.5, 0.6) is 0 Å². The third-order valence-corrected chi connectivity index (χ3v) is 5.13. The van der Waals surface area contributed by atoms with Gasteiger partial charge in [-0.05, 0) is 39.8 Å². The minimum atomic E-state index is -0.136. The number of ether oxygens (including phenoxy) is 2. The molecule has 0 N–H and O–H groups in total. The summed E-state index contributed by atoms with van der Waals surface area (Å²) in [4.78, 5) is 4.80. The third kappa shape index (κ3) is 4.35. The van der Waals surface area contributed by atoms with Crippen molar-refractivity contribution in [3.05, 3.63) is 24.2 Å². The van der Waals surface area contributed by atoms with Crippen molar-refractivity contribution in [1.82, 2.24) is 9.80 Å². The average Bonchev–Trinajstić information content (AvgIpc) is 3.09. The topological polar surface area (TPSA) is 38.1 Å². The first-order chi connectivity index (χ1) is 11.1. The summed E-state index contributed by atoms with van der Waals surface area (Å²) < 4.78 is 17.6. The Balaban J connectivity index is 1.59. The second-order valence-electron chi connectivity index (χ2n) is 7.39. The maximum Gasteiger partial charge on any atom is 0.105 e. The molecule has 0 amide bonds. The molecule has 1 aromatic heterocycles. The van der Waals surface area contributed by atoms with Crippen molar-refractivity contribution < 1.29 is 13.9 Å². The zero-order valence-electron chi connectivity index (χ0n) is 14.7. The highest BCUT2D eigenvalue weighted by Crippen LogP contribution is 2.33. The maximum absolute atomic E-state index is 6.51. The monoisotopic (exact) mass is 322 g/mol. The molecule has 2 saturated heterocycles. The molecule has 5 heteroatoms. The quantitative estimate of drug-likeness (QED) is 0.832. The highest BCUT2D eigenvalue weighted by atomic mass is 16.6. The molecule has 23 heavy (non-hydrogen) atoms. The molecule has 0 aliphatic carbocycles. The summed E-state index contributed by atoms with van der Waals surface area (Å²) >= 11 is 0. The van der Waals surface area contributed by atoms with Crippen molar-refractivity contribution >= 4 is 0 Å². The summed E-state index contributed by atoms with van der Waals surface area (Å²) in [7, 11) is 2.17. The molecule has 2 aliphatic heterocycles. The Labute approximate surface area is 139 Å². The van der Waals surface area contributed by atoms with Crippen LogP contribution in [-0.4, -0.2) is 67.4 Å². The van der Waals surface area contributed by atoms with Crippen LogP contribution in [-0.2, 0) is 16.0 Å². The van der Waals surface area contributed by atoms with Gasteiger partial charge in [-0.25, -0.2) is 0 Å². The van der Waals surface area contributed by atoms with E-state index >= 15 is 0 Å². The molecular weight excluding hydrogens is 292 g/mol. The van der Waals surface area contributed by atoms with E-state index < -0.39 is 0 Å². The Hall–Kier alpha value is -0.880. The molecule has 0 unspecified atom stereocenters. The largest absolute Gasteiger partial charge is 0.472 e. The van der Waals surface area contributed by atoms with Gasteiger partial charge in [0.2, 0.25) is 0 Å². The van der Waals surface area contributed by atoms with Crippen molar-refractivity contribution in [2.75, 3.05) is 39.9 Å². The molecule has 2 aliphatic rings. The van der Waals surface area contributed by atoms with Gasteiger partial charge in [0.05, 0.1) is 31.8 Å². The van der Waals surface area contributed by atoms with Crippen LogP contribution in [0, 0.1) is 0 Å². The lowest BCUT2D eigenvalue weighted by atomic mass is 10.00. The second kappa shape index (κ2) is 7.34. The summed E-state index contributed by atoms with van der Waals surface area (Å²) in [5.74, 6) is 0. The summed E-state index contributed by atoms with van der Waals surface area (Å²) in [5.41, 5.74) is 1.08. The smallest absolute Gasteiger partial charge is 0.105 e. The lowest BCUT2D eigenvalue weighted by molar-refractivity contribution is -0.0924. The number of nitrogens with zero attached hydrogens (tertiary/aromatic N) is 2. The first-order valence-corrected chi connectivity index (χ1v) is 8.75. The van der Waals surface area contributed by atoms with Crippen LogP contribution in [0.4, 0.5) is 0 Å². The molecule has 3 heterocycles. The Bertz CT molecular complexity index is 477. The zero-order chi connectivity index (χ0) is 16.3. The van der Waals surface area contributed by atoms with E-state index in [-0.39, 0.29) is 5.60 Å². The van der Waals surface area contributed by atoms with Gasteiger partial charge in [-0.2, -0.15) is 0 Å². The Morgan fingerprint density at radius 3 is 3.04 bits per heavy atom. The van der Waals surface area contributed by atoms with Crippen LogP contribution in [0.1, 0.15) is 32.3 Å². The Morgan fingerprint density at radius 1 is 1.43 bits per heavy atom. The predicted molar refractivity (Wildman–Crippen MR) is 89.4 cm³/mol. The van der Waals surface area contributed by atoms with E-state index in [1.54, 1.807) is 6.26 Å².